The van der Waals surface area contributed by atoms with Crippen LogP contribution in [-0.2, 0) is 14.8 Å². The molecule has 6 nitrogen and oxygen atoms in total. The standard InChI is InChI=1S/C10H14N2O4S/c1-3-16-10(13)8-4-6-9(7-5-8)11-12-17(2,14)15/h4-7,11-12H,3H2,1-2H3. The van der Waals surface area contributed by atoms with Crippen LogP contribution in [-0.4, -0.2) is 27.2 Å². The highest BCUT2D eigenvalue weighted by molar-refractivity contribution is 7.88. The molecule has 0 unspecified atom stereocenters. The van der Waals surface area contributed by atoms with Gasteiger partial charge in [0.2, 0.25) is 10.0 Å². The van der Waals surface area contributed by atoms with E-state index in [2.05, 4.69) is 10.3 Å². The minimum atomic E-state index is -3.31. The van der Waals surface area contributed by atoms with E-state index < -0.39 is 16.0 Å². The van der Waals surface area contributed by atoms with Crippen LogP contribution >= 0.6 is 0 Å². The third-order valence-corrected chi connectivity index (χ3v) is 2.25. The number of nitrogens with one attached hydrogen (secondary N) is 2. The first-order chi connectivity index (χ1) is 7.92. The van der Waals surface area contributed by atoms with Gasteiger partial charge in [-0.25, -0.2) is 13.2 Å². The van der Waals surface area contributed by atoms with Gasteiger partial charge in [-0.05, 0) is 31.2 Å². The lowest BCUT2D eigenvalue weighted by Crippen LogP contribution is -2.28. The van der Waals surface area contributed by atoms with Crippen LogP contribution in [0.5, 0.6) is 0 Å². The molecule has 0 aromatic heterocycles. The van der Waals surface area contributed by atoms with E-state index in [9.17, 15) is 13.2 Å². The Morgan fingerprint density at radius 3 is 2.35 bits per heavy atom. The smallest absolute Gasteiger partial charge is 0.338 e. The minimum absolute atomic E-state index is 0.314. The van der Waals surface area contributed by atoms with Crippen LogP contribution in [0.4, 0.5) is 5.69 Å². The number of hydrogen-bond donors (Lipinski definition) is 2. The average Bonchev–Trinajstić information content (AvgIpc) is 2.26. The summed E-state index contributed by atoms with van der Waals surface area (Å²) in [5, 5.41) is 0. The zero-order valence-corrected chi connectivity index (χ0v) is 10.4. The lowest BCUT2D eigenvalue weighted by molar-refractivity contribution is 0.0526. The Hall–Kier alpha value is -1.60. The predicted molar refractivity (Wildman–Crippen MR) is 64.0 cm³/mol. The molecule has 1 rings (SSSR count). The molecular weight excluding hydrogens is 244 g/mol. The van der Waals surface area contributed by atoms with Crippen LogP contribution in [0.25, 0.3) is 0 Å². The van der Waals surface area contributed by atoms with Crippen LogP contribution in [0, 0.1) is 0 Å². The molecule has 0 saturated heterocycles. The van der Waals surface area contributed by atoms with Crippen molar-refractivity contribution >= 4 is 21.7 Å². The molecule has 1 aromatic carbocycles. The van der Waals surface area contributed by atoms with Crippen LogP contribution in [0.1, 0.15) is 17.3 Å². The van der Waals surface area contributed by atoms with Gasteiger partial charge in [0.1, 0.15) is 0 Å². The fourth-order valence-corrected chi connectivity index (χ4v) is 1.36. The molecule has 0 fully saturated rings. The molecule has 0 amide bonds. The molecule has 0 atom stereocenters. The average molecular weight is 258 g/mol. The van der Waals surface area contributed by atoms with E-state index in [-0.39, 0.29) is 0 Å². The van der Waals surface area contributed by atoms with Crippen molar-refractivity contribution in [3.05, 3.63) is 29.8 Å². The lowest BCUT2D eigenvalue weighted by Gasteiger charge is -2.07. The largest absolute Gasteiger partial charge is 0.462 e. The second kappa shape index (κ2) is 5.65. The topological polar surface area (TPSA) is 84.5 Å². The van der Waals surface area contributed by atoms with Crippen molar-refractivity contribution in [3.8, 4) is 0 Å². The Bertz CT molecular complexity index is 482. The van der Waals surface area contributed by atoms with Gasteiger partial charge in [0, 0.05) is 5.69 Å². The van der Waals surface area contributed by atoms with Crippen molar-refractivity contribution in [2.45, 2.75) is 6.92 Å². The number of rotatable bonds is 5. The van der Waals surface area contributed by atoms with Gasteiger partial charge in [0.15, 0.2) is 0 Å². The summed E-state index contributed by atoms with van der Waals surface area (Å²) in [6.07, 6.45) is 1.03. The highest BCUT2D eigenvalue weighted by Gasteiger charge is 2.05. The number of carbonyl (C=O) groups excluding carboxylic acids is 1. The molecule has 0 saturated carbocycles. The van der Waals surface area contributed by atoms with Crippen LogP contribution in [0.15, 0.2) is 24.3 Å². The molecule has 0 spiro atoms. The summed E-state index contributed by atoms with van der Waals surface area (Å²) >= 11 is 0. The minimum Gasteiger partial charge on any atom is -0.462 e. The Labute approximate surface area is 100.0 Å². The van der Waals surface area contributed by atoms with Gasteiger partial charge in [0.25, 0.3) is 0 Å². The lowest BCUT2D eigenvalue weighted by atomic mass is 10.2. The maximum Gasteiger partial charge on any atom is 0.338 e. The molecule has 94 valence electrons. The van der Waals surface area contributed by atoms with Crippen molar-refractivity contribution in [3.63, 3.8) is 0 Å². The predicted octanol–water partition coefficient (Wildman–Crippen LogP) is 0.739. The van der Waals surface area contributed by atoms with Gasteiger partial charge in [-0.2, -0.15) is 0 Å². The molecule has 7 heteroatoms. The molecule has 2 N–H and O–H groups in total. The molecule has 1 aromatic rings. The van der Waals surface area contributed by atoms with Gasteiger partial charge in [-0.15, -0.1) is 4.83 Å². The third-order valence-electron chi connectivity index (χ3n) is 1.78. The number of sulfonamides is 1. The van der Waals surface area contributed by atoms with E-state index in [0.29, 0.717) is 17.9 Å². The Balaban J connectivity index is 2.65. The Morgan fingerprint density at radius 2 is 1.88 bits per heavy atom. The van der Waals surface area contributed by atoms with Crippen LogP contribution in [0.2, 0.25) is 0 Å². The monoisotopic (exact) mass is 258 g/mol. The Morgan fingerprint density at radius 1 is 1.29 bits per heavy atom. The quantitative estimate of drug-likeness (QED) is 0.601. The SMILES string of the molecule is CCOC(=O)c1ccc(NNS(C)(=O)=O)cc1. The van der Waals surface area contributed by atoms with Crippen molar-refractivity contribution in [2.24, 2.45) is 0 Å². The van der Waals surface area contributed by atoms with E-state index in [1.807, 2.05) is 0 Å². The first kappa shape index (κ1) is 13.5. The normalized spacial score (nSPS) is 10.9. The van der Waals surface area contributed by atoms with E-state index >= 15 is 0 Å². The number of carbonyl (C=O) groups is 1. The van der Waals surface area contributed by atoms with Gasteiger partial charge in [-0.3, -0.25) is 0 Å². The first-order valence-electron chi connectivity index (χ1n) is 4.92. The van der Waals surface area contributed by atoms with Gasteiger partial charge in [-0.1, -0.05) is 0 Å². The number of anilines is 1. The maximum atomic E-state index is 11.3. The summed E-state index contributed by atoms with van der Waals surface area (Å²) in [5.41, 5.74) is 3.44. The zero-order chi connectivity index (χ0) is 12.9. The van der Waals surface area contributed by atoms with E-state index in [4.69, 9.17) is 4.74 Å². The van der Waals surface area contributed by atoms with Crippen molar-refractivity contribution < 1.29 is 17.9 Å². The highest BCUT2D eigenvalue weighted by atomic mass is 32.2. The summed E-state index contributed by atoms with van der Waals surface area (Å²) in [5.74, 6) is -0.407. The summed E-state index contributed by atoms with van der Waals surface area (Å²) in [4.78, 5) is 13.4. The number of hydrazine groups is 1. The number of esters is 1. The van der Waals surface area contributed by atoms with Gasteiger partial charge in [0.05, 0.1) is 18.4 Å². The molecule has 17 heavy (non-hydrogen) atoms. The molecule has 0 aliphatic rings. The highest BCUT2D eigenvalue weighted by Crippen LogP contribution is 2.09. The van der Waals surface area contributed by atoms with Crippen LogP contribution in [0.3, 0.4) is 0 Å². The number of benzene rings is 1. The molecule has 0 radical (unpaired) electrons. The van der Waals surface area contributed by atoms with Crippen molar-refractivity contribution in [2.75, 3.05) is 18.3 Å². The summed E-state index contributed by atoms with van der Waals surface area (Å²) < 4.78 is 26.4. The molecule has 0 bridgehead atoms. The molecule has 0 heterocycles. The zero-order valence-electron chi connectivity index (χ0n) is 9.56. The van der Waals surface area contributed by atoms with Gasteiger partial charge < -0.3 is 10.2 Å². The van der Waals surface area contributed by atoms with E-state index in [0.717, 1.165) is 6.26 Å². The molecule has 0 aliphatic heterocycles. The Kier molecular flexibility index (Phi) is 4.47. The van der Waals surface area contributed by atoms with Crippen molar-refractivity contribution in [1.82, 2.24) is 4.83 Å². The van der Waals surface area contributed by atoms with Crippen LogP contribution < -0.4 is 10.3 Å². The molecule has 0 aliphatic carbocycles. The second-order valence-electron chi connectivity index (χ2n) is 3.30. The maximum absolute atomic E-state index is 11.3. The summed E-state index contributed by atoms with van der Waals surface area (Å²) in [6.45, 7) is 2.04. The summed E-state index contributed by atoms with van der Waals surface area (Å²) in [6, 6.07) is 6.24. The number of hydrogen-bond acceptors (Lipinski definition) is 5. The third kappa shape index (κ3) is 4.83. The fourth-order valence-electron chi connectivity index (χ4n) is 1.06. The second-order valence-corrected chi connectivity index (χ2v) is 5.05. The first-order valence-corrected chi connectivity index (χ1v) is 6.81. The van der Waals surface area contributed by atoms with E-state index in [1.54, 1.807) is 31.2 Å². The summed E-state index contributed by atoms with van der Waals surface area (Å²) in [7, 11) is -3.31. The molecular formula is C10H14N2O4S. The number of ether oxygens (including phenoxy) is 1. The fraction of sp³-hybridized carbons (Fsp3) is 0.300. The van der Waals surface area contributed by atoms with Crippen molar-refractivity contribution in [1.29, 1.82) is 0 Å². The van der Waals surface area contributed by atoms with E-state index in [1.165, 1.54) is 0 Å². The van der Waals surface area contributed by atoms with Gasteiger partial charge >= 0.3 is 5.97 Å².